The fraction of sp³-hybridized carbons (Fsp3) is 0.111. The highest BCUT2D eigenvalue weighted by Gasteiger charge is 2.21. The zero-order valence-corrected chi connectivity index (χ0v) is 11.3. The lowest BCUT2D eigenvalue weighted by molar-refractivity contribution is 0.593. The SMILES string of the molecule is Cn1c(-c2ccc(F)c(Cl)c2)nnc1S(=O)(=O)Cl. The molecule has 0 saturated carbocycles. The minimum atomic E-state index is -3.98. The van der Waals surface area contributed by atoms with Crippen LogP contribution in [-0.4, -0.2) is 23.2 Å². The van der Waals surface area contributed by atoms with E-state index in [0.29, 0.717) is 5.56 Å². The molecule has 0 spiro atoms. The van der Waals surface area contributed by atoms with Crippen molar-refractivity contribution in [1.29, 1.82) is 0 Å². The van der Waals surface area contributed by atoms with Crippen molar-refractivity contribution in [1.82, 2.24) is 14.8 Å². The molecule has 1 aromatic carbocycles. The van der Waals surface area contributed by atoms with Crippen LogP contribution in [0.15, 0.2) is 23.4 Å². The number of nitrogens with zero attached hydrogens (tertiary/aromatic N) is 3. The average Bonchev–Trinajstić information content (AvgIpc) is 2.64. The van der Waals surface area contributed by atoms with Crippen LogP contribution in [0.2, 0.25) is 5.02 Å². The second-order valence-electron chi connectivity index (χ2n) is 3.43. The van der Waals surface area contributed by atoms with E-state index < -0.39 is 14.9 Å². The summed E-state index contributed by atoms with van der Waals surface area (Å²) in [4.78, 5) is 0. The van der Waals surface area contributed by atoms with Crippen LogP contribution >= 0.6 is 22.3 Å². The van der Waals surface area contributed by atoms with Crippen molar-refractivity contribution >= 4 is 31.3 Å². The highest BCUT2D eigenvalue weighted by molar-refractivity contribution is 8.13. The first kappa shape index (κ1) is 13.3. The predicted molar refractivity (Wildman–Crippen MR) is 64.4 cm³/mol. The first-order valence-electron chi connectivity index (χ1n) is 4.60. The predicted octanol–water partition coefficient (Wildman–Crippen LogP) is 2.20. The number of hydrogen-bond donors (Lipinski definition) is 0. The zero-order chi connectivity index (χ0) is 13.5. The summed E-state index contributed by atoms with van der Waals surface area (Å²) in [7, 11) is 2.63. The molecule has 96 valence electrons. The maximum atomic E-state index is 13.0. The first-order chi connectivity index (χ1) is 8.30. The third-order valence-electron chi connectivity index (χ3n) is 2.23. The normalized spacial score (nSPS) is 11.8. The molecule has 0 fully saturated rings. The number of rotatable bonds is 2. The molecule has 0 aliphatic rings. The van der Waals surface area contributed by atoms with Gasteiger partial charge in [-0.15, -0.1) is 10.2 Å². The van der Waals surface area contributed by atoms with Gasteiger partial charge in [0.05, 0.1) is 5.02 Å². The molecule has 1 aromatic heterocycles. The summed E-state index contributed by atoms with van der Waals surface area (Å²) >= 11 is 5.64. The fourth-order valence-corrected chi connectivity index (χ4v) is 2.55. The van der Waals surface area contributed by atoms with Gasteiger partial charge < -0.3 is 0 Å². The summed E-state index contributed by atoms with van der Waals surface area (Å²) in [6.07, 6.45) is 0. The summed E-state index contributed by atoms with van der Waals surface area (Å²) in [6, 6.07) is 3.89. The van der Waals surface area contributed by atoms with Gasteiger partial charge in [0.15, 0.2) is 5.82 Å². The van der Waals surface area contributed by atoms with Gasteiger partial charge in [0.2, 0.25) is 0 Å². The Balaban J connectivity index is 2.59. The van der Waals surface area contributed by atoms with Crippen molar-refractivity contribution in [2.24, 2.45) is 7.05 Å². The van der Waals surface area contributed by atoms with Gasteiger partial charge in [-0.05, 0) is 18.2 Å². The molecule has 0 aliphatic heterocycles. The molecule has 5 nitrogen and oxygen atoms in total. The molecule has 1 heterocycles. The smallest absolute Gasteiger partial charge is 0.296 e. The minimum Gasteiger partial charge on any atom is -0.300 e. The van der Waals surface area contributed by atoms with Gasteiger partial charge in [-0.2, -0.15) is 0 Å². The molecule has 0 aliphatic carbocycles. The Bertz CT molecular complexity index is 715. The molecular weight excluding hydrogens is 304 g/mol. The Morgan fingerprint density at radius 2 is 2.00 bits per heavy atom. The van der Waals surface area contributed by atoms with E-state index in [4.69, 9.17) is 22.3 Å². The topological polar surface area (TPSA) is 64.8 Å². The Morgan fingerprint density at radius 1 is 1.33 bits per heavy atom. The third kappa shape index (κ3) is 2.33. The van der Waals surface area contributed by atoms with E-state index in [1.54, 1.807) is 0 Å². The largest absolute Gasteiger partial charge is 0.300 e. The Hall–Kier alpha value is -1.18. The Labute approximate surface area is 112 Å². The van der Waals surface area contributed by atoms with Crippen LogP contribution in [0.25, 0.3) is 11.4 Å². The number of aromatic nitrogens is 3. The minimum absolute atomic E-state index is 0.0919. The first-order valence-corrected chi connectivity index (χ1v) is 7.29. The van der Waals surface area contributed by atoms with Crippen molar-refractivity contribution in [3.63, 3.8) is 0 Å². The van der Waals surface area contributed by atoms with Crippen LogP contribution in [0, 0.1) is 5.82 Å². The monoisotopic (exact) mass is 309 g/mol. The molecule has 0 amide bonds. The zero-order valence-electron chi connectivity index (χ0n) is 8.93. The van der Waals surface area contributed by atoms with Crippen LogP contribution in [0.3, 0.4) is 0 Å². The molecule has 0 atom stereocenters. The molecular formula is C9H6Cl2FN3O2S. The molecule has 0 bridgehead atoms. The second kappa shape index (κ2) is 4.49. The van der Waals surface area contributed by atoms with E-state index in [1.807, 2.05) is 0 Å². The van der Waals surface area contributed by atoms with Crippen LogP contribution in [-0.2, 0) is 16.1 Å². The molecule has 2 rings (SSSR count). The van der Waals surface area contributed by atoms with Crippen LogP contribution in [0.1, 0.15) is 0 Å². The van der Waals surface area contributed by atoms with Gasteiger partial charge in [0.1, 0.15) is 5.82 Å². The Morgan fingerprint density at radius 3 is 2.50 bits per heavy atom. The molecule has 0 saturated heterocycles. The molecule has 18 heavy (non-hydrogen) atoms. The van der Waals surface area contributed by atoms with E-state index in [0.717, 1.165) is 6.07 Å². The van der Waals surface area contributed by atoms with E-state index in [2.05, 4.69) is 10.2 Å². The fourth-order valence-electron chi connectivity index (χ4n) is 1.41. The number of hydrogen-bond acceptors (Lipinski definition) is 4. The van der Waals surface area contributed by atoms with Gasteiger partial charge in [0, 0.05) is 23.3 Å². The number of benzene rings is 1. The second-order valence-corrected chi connectivity index (χ2v) is 6.30. The van der Waals surface area contributed by atoms with Crippen LogP contribution < -0.4 is 0 Å². The summed E-state index contributed by atoms with van der Waals surface area (Å²) in [5.41, 5.74) is 0.433. The van der Waals surface area contributed by atoms with E-state index in [1.165, 1.54) is 23.7 Å². The molecule has 0 radical (unpaired) electrons. The molecule has 0 N–H and O–H groups in total. The van der Waals surface area contributed by atoms with Crippen molar-refractivity contribution in [2.45, 2.75) is 5.16 Å². The van der Waals surface area contributed by atoms with Crippen molar-refractivity contribution < 1.29 is 12.8 Å². The van der Waals surface area contributed by atoms with Crippen LogP contribution in [0.4, 0.5) is 4.39 Å². The lowest BCUT2D eigenvalue weighted by Gasteiger charge is -2.03. The quantitative estimate of drug-likeness (QED) is 0.798. The van der Waals surface area contributed by atoms with Gasteiger partial charge in [-0.3, -0.25) is 4.57 Å². The maximum Gasteiger partial charge on any atom is 0.296 e. The van der Waals surface area contributed by atoms with Crippen molar-refractivity contribution in [2.75, 3.05) is 0 Å². The van der Waals surface area contributed by atoms with E-state index in [9.17, 15) is 12.8 Å². The summed E-state index contributed by atoms with van der Waals surface area (Å²) in [5, 5.41) is 6.68. The lowest BCUT2D eigenvalue weighted by atomic mass is 10.2. The lowest BCUT2D eigenvalue weighted by Crippen LogP contribution is -2.02. The average molecular weight is 310 g/mol. The molecule has 9 heteroatoms. The summed E-state index contributed by atoms with van der Waals surface area (Å²) in [5.74, 6) is -0.358. The van der Waals surface area contributed by atoms with Gasteiger partial charge in [0.25, 0.3) is 14.2 Å². The van der Waals surface area contributed by atoms with Gasteiger partial charge in [-0.1, -0.05) is 11.6 Å². The third-order valence-corrected chi connectivity index (χ3v) is 3.73. The van der Waals surface area contributed by atoms with Gasteiger partial charge >= 0.3 is 0 Å². The standard InChI is InChI=1S/C9H6Cl2FN3O2S/c1-15-8(13-14-9(15)18(11,16)17)5-2-3-7(12)6(10)4-5/h2-4H,1H3. The highest BCUT2D eigenvalue weighted by atomic mass is 35.7. The van der Waals surface area contributed by atoms with Crippen LogP contribution in [0.5, 0.6) is 0 Å². The molecule has 2 aromatic rings. The van der Waals surface area contributed by atoms with E-state index in [-0.39, 0.29) is 16.0 Å². The summed E-state index contributed by atoms with van der Waals surface area (Å²) < 4.78 is 36.6. The number of halogens is 3. The van der Waals surface area contributed by atoms with E-state index >= 15 is 0 Å². The maximum absolute atomic E-state index is 13.0. The Kier molecular flexibility index (Phi) is 3.31. The highest BCUT2D eigenvalue weighted by Crippen LogP contribution is 2.25. The van der Waals surface area contributed by atoms with Gasteiger partial charge in [-0.25, -0.2) is 12.8 Å². The molecule has 0 unspecified atom stereocenters. The van der Waals surface area contributed by atoms with Crippen molar-refractivity contribution in [3.8, 4) is 11.4 Å². The van der Waals surface area contributed by atoms with Crippen molar-refractivity contribution in [3.05, 3.63) is 29.0 Å². The summed E-state index contributed by atoms with van der Waals surface area (Å²) in [6.45, 7) is 0.